The Balaban J connectivity index is 1.00. The third-order valence-electron chi connectivity index (χ3n) is 10.4. The normalized spacial score (nSPS) is 11.4. The Kier molecular flexibility index (Phi) is 8.14. The van der Waals surface area contributed by atoms with Gasteiger partial charge in [0.15, 0.2) is 29.0 Å². The molecule has 11 aromatic rings. The van der Waals surface area contributed by atoms with E-state index < -0.39 is 0 Å². The van der Waals surface area contributed by atoms with Crippen LogP contribution in [0.1, 0.15) is 0 Å². The summed E-state index contributed by atoms with van der Waals surface area (Å²) in [6, 6.07) is 57.8. The van der Waals surface area contributed by atoms with Crippen LogP contribution in [0.4, 0.5) is 5.69 Å². The summed E-state index contributed by atoms with van der Waals surface area (Å²) < 4.78 is 4.63. The highest BCUT2D eigenvalue weighted by Crippen LogP contribution is 2.42. The number of hydrogen-bond donors (Lipinski definition) is 0. The minimum Gasteiger partial charge on any atom is -0.238 e. The molecular weight excluding hydrogens is 749 g/mol. The molecule has 4 heterocycles. The predicted octanol–water partition coefficient (Wildman–Crippen LogP) is 14.0. The van der Waals surface area contributed by atoms with E-state index in [1.54, 1.807) is 22.7 Å². The van der Waals surface area contributed by atoms with Crippen LogP contribution in [0.25, 0.3) is 113 Å². The van der Waals surface area contributed by atoms with Gasteiger partial charge in [-0.3, -0.25) is 0 Å². The highest BCUT2D eigenvalue weighted by atomic mass is 32.1. The molecule has 4 aromatic heterocycles. The molecule has 0 unspecified atom stereocenters. The molecule has 58 heavy (non-hydrogen) atoms. The lowest BCUT2D eigenvalue weighted by molar-refractivity contribution is 1.07. The van der Waals surface area contributed by atoms with Crippen molar-refractivity contribution >= 4 is 68.8 Å². The Labute approximate surface area is 341 Å². The summed E-state index contributed by atoms with van der Waals surface area (Å²) >= 11 is 3.50. The lowest BCUT2D eigenvalue weighted by Crippen LogP contribution is -2.00. The highest BCUT2D eigenvalue weighted by Gasteiger charge is 2.18. The molecule has 0 bridgehead atoms. The van der Waals surface area contributed by atoms with Crippen LogP contribution in [-0.4, -0.2) is 24.9 Å². The summed E-state index contributed by atoms with van der Waals surface area (Å²) in [4.78, 5) is 29.0. The molecule has 0 radical (unpaired) electrons. The Morgan fingerprint density at radius 1 is 0.362 bits per heavy atom. The largest absolute Gasteiger partial charge is 0.238 e. The number of hydrogen-bond acceptors (Lipinski definition) is 7. The first-order chi connectivity index (χ1) is 28.6. The molecule has 11 rings (SSSR count). The molecule has 0 N–H and O–H groups in total. The monoisotopic (exact) mass is 776 g/mol. The standard InChI is InChI=1S/C50H28N6S2/c1-51-37-16-10-15-34(27-37)30-19-21-33(22-20-30)48-54-47(32-13-6-3-7-14-32)55-50(56-48)36-23-25-38-40-28-35(24-26-42(40)57-43(38)29-36)49-52-44(31-11-4-2-5-12-31)46-45(53-49)39-17-8-9-18-41(39)58-46/h2-29H. The molecule has 0 fully saturated rings. The highest BCUT2D eigenvalue weighted by molar-refractivity contribution is 7.26. The zero-order valence-electron chi connectivity index (χ0n) is 30.7. The first-order valence-electron chi connectivity index (χ1n) is 18.8. The molecule has 8 heteroatoms. The summed E-state index contributed by atoms with van der Waals surface area (Å²) in [6.07, 6.45) is 0. The first-order valence-corrected chi connectivity index (χ1v) is 20.4. The third kappa shape index (κ3) is 5.98. The first kappa shape index (κ1) is 33.9. The molecule has 0 atom stereocenters. The van der Waals surface area contributed by atoms with E-state index in [4.69, 9.17) is 31.5 Å². The van der Waals surface area contributed by atoms with Gasteiger partial charge in [0.25, 0.3) is 0 Å². The summed E-state index contributed by atoms with van der Waals surface area (Å²) in [7, 11) is 0. The molecule has 0 aliphatic carbocycles. The summed E-state index contributed by atoms with van der Waals surface area (Å²) in [5.74, 6) is 2.53. The second kappa shape index (κ2) is 13.9. The van der Waals surface area contributed by atoms with E-state index in [1.165, 1.54) is 9.40 Å². The molecule has 7 aromatic carbocycles. The Morgan fingerprint density at radius 2 is 0.948 bits per heavy atom. The SMILES string of the molecule is [C-]#[N+]c1cccc(-c2ccc(-c3nc(-c4ccccc4)nc(-c4ccc5c(c4)sc4ccc(-c6nc(-c7ccccc7)c7sc8ccccc8c7n6)cc45)n3)cc2)c1. The van der Waals surface area contributed by atoms with Gasteiger partial charge in [0.05, 0.1) is 22.5 Å². The molecular formula is C50H28N6S2. The van der Waals surface area contributed by atoms with Crippen molar-refractivity contribution in [1.29, 1.82) is 0 Å². The van der Waals surface area contributed by atoms with Crippen LogP contribution in [0.15, 0.2) is 170 Å². The maximum absolute atomic E-state index is 7.41. The lowest BCUT2D eigenvalue weighted by Gasteiger charge is -2.09. The second-order valence-corrected chi connectivity index (χ2v) is 16.1. The van der Waals surface area contributed by atoms with Gasteiger partial charge < -0.3 is 0 Å². The minimum absolute atomic E-state index is 0.594. The van der Waals surface area contributed by atoms with Gasteiger partial charge in [0.1, 0.15) is 0 Å². The van der Waals surface area contributed by atoms with Gasteiger partial charge in [-0.2, -0.15) is 0 Å². The zero-order chi connectivity index (χ0) is 38.6. The third-order valence-corrected chi connectivity index (χ3v) is 12.7. The van der Waals surface area contributed by atoms with Crippen LogP contribution in [0.5, 0.6) is 0 Å². The van der Waals surface area contributed by atoms with E-state index in [-0.39, 0.29) is 0 Å². The molecule has 0 saturated heterocycles. The van der Waals surface area contributed by atoms with Gasteiger partial charge in [0.2, 0.25) is 0 Å². The number of rotatable bonds is 6. The summed E-state index contributed by atoms with van der Waals surface area (Å²) in [5, 5.41) is 3.47. The Bertz CT molecular complexity index is 3400. The molecule has 0 saturated carbocycles. The number of fused-ring (bicyclic) bond motifs is 6. The average Bonchev–Trinajstić information content (AvgIpc) is 3.87. The number of nitrogens with zero attached hydrogens (tertiary/aromatic N) is 6. The van der Waals surface area contributed by atoms with Crippen molar-refractivity contribution in [3.05, 3.63) is 181 Å². The van der Waals surface area contributed by atoms with Crippen molar-refractivity contribution in [2.45, 2.75) is 0 Å². The molecule has 0 aliphatic rings. The summed E-state index contributed by atoms with van der Waals surface area (Å²) in [6.45, 7) is 7.41. The van der Waals surface area contributed by atoms with Crippen molar-refractivity contribution in [3.8, 4) is 67.9 Å². The van der Waals surface area contributed by atoms with Gasteiger partial charge in [-0.15, -0.1) is 22.7 Å². The van der Waals surface area contributed by atoms with Crippen molar-refractivity contribution in [2.24, 2.45) is 0 Å². The fraction of sp³-hybridized carbons (Fsp3) is 0. The minimum atomic E-state index is 0.594. The number of thiophene rings is 2. The van der Waals surface area contributed by atoms with Gasteiger partial charge >= 0.3 is 0 Å². The maximum Gasteiger partial charge on any atom is 0.187 e. The Morgan fingerprint density at radius 3 is 1.72 bits per heavy atom. The topological polar surface area (TPSA) is 68.8 Å². The van der Waals surface area contributed by atoms with Crippen LogP contribution < -0.4 is 0 Å². The van der Waals surface area contributed by atoms with Crippen molar-refractivity contribution in [2.75, 3.05) is 0 Å². The van der Waals surface area contributed by atoms with Crippen molar-refractivity contribution in [1.82, 2.24) is 24.9 Å². The molecule has 0 aliphatic heterocycles. The molecule has 0 spiro atoms. The fourth-order valence-electron chi connectivity index (χ4n) is 7.48. The molecule has 0 amide bonds. The smallest absolute Gasteiger partial charge is 0.187 e. The average molecular weight is 777 g/mol. The van der Waals surface area contributed by atoms with E-state index in [0.29, 0.717) is 29.0 Å². The Hall–Kier alpha value is -7.44. The molecule has 6 nitrogen and oxygen atoms in total. The van der Waals surface area contributed by atoms with Crippen LogP contribution in [0.3, 0.4) is 0 Å². The van der Waals surface area contributed by atoms with E-state index in [1.807, 2.05) is 72.8 Å². The summed E-state index contributed by atoms with van der Waals surface area (Å²) in [5.41, 5.74) is 9.34. The van der Waals surface area contributed by atoms with Crippen molar-refractivity contribution < 1.29 is 0 Å². The predicted molar refractivity (Wildman–Crippen MR) is 240 cm³/mol. The molecule has 270 valence electrons. The van der Waals surface area contributed by atoms with Gasteiger partial charge in [-0.25, -0.2) is 29.8 Å². The van der Waals surface area contributed by atoms with E-state index in [2.05, 4.69) is 102 Å². The van der Waals surface area contributed by atoms with Gasteiger partial charge in [-0.05, 0) is 47.5 Å². The fourth-order valence-corrected chi connectivity index (χ4v) is 9.76. The van der Waals surface area contributed by atoms with E-state index >= 15 is 0 Å². The second-order valence-electron chi connectivity index (χ2n) is 14.0. The number of benzene rings is 7. The maximum atomic E-state index is 7.41. The van der Waals surface area contributed by atoms with Gasteiger partial charge in [-0.1, -0.05) is 133 Å². The van der Waals surface area contributed by atoms with Crippen LogP contribution in [0, 0.1) is 6.57 Å². The van der Waals surface area contributed by atoms with E-state index in [0.717, 1.165) is 75.7 Å². The van der Waals surface area contributed by atoms with Crippen molar-refractivity contribution in [3.63, 3.8) is 0 Å². The quantitative estimate of drug-likeness (QED) is 0.157. The zero-order valence-corrected chi connectivity index (χ0v) is 32.3. The van der Waals surface area contributed by atoms with Crippen LogP contribution >= 0.6 is 22.7 Å². The van der Waals surface area contributed by atoms with E-state index in [9.17, 15) is 0 Å². The lowest BCUT2D eigenvalue weighted by atomic mass is 10.0. The van der Waals surface area contributed by atoms with Crippen LogP contribution in [0.2, 0.25) is 0 Å². The van der Waals surface area contributed by atoms with Crippen LogP contribution in [-0.2, 0) is 0 Å². The number of aromatic nitrogens is 5. The van der Waals surface area contributed by atoms with Gasteiger partial charge in [0, 0.05) is 58.1 Å².